The van der Waals surface area contributed by atoms with Crippen molar-refractivity contribution in [3.63, 3.8) is 0 Å². The molecule has 0 fully saturated rings. The molecule has 0 heterocycles. The Hall–Kier alpha value is 0.766. The van der Waals surface area contributed by atoms with E-state index in [1.807, 2.05) is 0 Å². The second-order valence-corrected chi connectivity index (χ2v) is 2.97. The molecule has 0 N–H and O–H groups in total. The summed E-state index contributed by atoms with van der Waals surface area (Å²) in [5.41, 5.74) is 0. The summed E-state index contributed by atoms with van der Waals surface area (Å²) in [7, 11) is 0. The number of rotatable bonds is 7. The van der Waals surface area contributed by atoms with Crippen LogP contribution >= 0.6 is 0 Å². The predicted molar refractivity (Wildman–Crippen MR) is 60.1 cm³/mol. The molecule has 0 saturated carbocycles. The van der Waals surface area contributed by atoms with E-state index in [-0.39, 0.29) is 30.5 Å². The topological polar surface area (TPSA) is 0 Å². The summed E-state index contributed by atoms with van der Waals surface area (Å²) in [6.07, 6.45) is 10.9. The molecule has 0 saturated heterocycles. The van der Waals surface area contributed by atoms with Gasteiger partial charge in [-0.15, -0.1) is 0 Å². The van der Waals surface area contributed by atoms with E-state index in [9.17, 15) is 0 Å². The van der Waals surface area contributed by atoms with Crippen molar-refractivity contribution < 1.29 is 0 Å². The molecule has 0 spiro atoms. The minimum Gasteiger partial charge on any atom is -0.358 e. The van der Waals surface area contributed by atoms with Gasteiger partial charge in [0.1, 0.15) is 0 Å². The molecule has 0 atom stereocenters. The maximum absolute atomic E-state index is 3.82. The fraction of sp³-hybridized carbons (Fsp3) is 0.818. The van der Waals surface area contributed by atoms with Crippen LogP contribution in [-0.4, -0.2) is 23.1 Å². The van der Waals surface area contributed by atoms with Crippen molar-refractivity contribution in [3.8, 4) is 0 Å². The minimum atomic E-state index is 0. The zero-order valence-corrected chi connectivity index (χ0v) is 10.5. The van der Waals surface area contributed by atoms with Crippen LogP contribution in [0.25, 0.3) is 0 Å². The Morgan fingerprint density at radius 2 is 1.25 bits per heavy atom. The van der Waals surface area contributed by atoms with Crippen molar-refractivity contribution in [2.75, 3.05) is 0 Å². The second-order valence-electron chi connectivity index (χ2n) is 2.97. The molecule has 1 heteroatoms. The number of hydrogen-bond acceptors (Lipinski definition) is 0. The van der Waals surface area contributed by atoms with Gasteiger partial charge in [-0.2, -0.15) is 6.42 Å². The minimum absolute atomic E-state index is 0. The largest absolute Gasteiger partial charge is 2.00 e. The van der Waals surface area contributed by atoms with E-state index in [1.54, 1.807) is 0 Å². The molecule has 0 aromatic heterocycles. The summed E-state index contributed by atoms with van der Waals surface area (Å²) >= 11 is 0. The van der Waals surface area contributed by atoms with Crippen molar-refractivity contribution in [3.05, 3.63) is 14.4 Å². The monoisotopic (exact) mass is 180 g/mol. The van der Waals surface area contributed by atoms with Crippen molar-refractivity contribution in [2.24, 2.45) is 0 Å². The third-order valence-corrected chi connectivity index (χ3v) is 1.85. The molecule has 0 amide bonds. The second kappa shape index (κ2) is 17.7. The molecule has 0 bridgehead atoms. The van der Waals surface area contributed by atoms with Crippen LogP contribution in [0.15, 0.2) is 0 Å². The zero-order chi connectivity index (χ0) is 7.66. The first kappa shape index (κ1) is 18.5. The van der Waals surface area contributed by atoms with Crippen molar-refractivity contribution in [1.29, 1.82) is 0 Å². The molecule has 0 unspecified atom stereocenters. The Labute approximate surface area is 95.7 Å². The van der Waals surface area contributed by atoms with Gasteiger partial charge in [0.25, 0.3) is 0 Å². The number of hydrogen-bond donors (Lipinski definition) is 0. The van der Waals surface area contributed by atoms with E-state index in [0.29, 0.717) is 0 Å². The Bertz CT molecular complexity index is 45.0. The standard InChI is InChI=1S/C10H21.CH3.Mg/c1-3-5-7-9-10-8-6-4-2;;/h1,3-10H2,2H3;1H3;/q2*-1;+2. The van der Waals surface area contributed by atoms with Gasteiger partial charge >= 0.3 is 23.1 Å². The van der Waals surface area contributed by atoms with E-state index < -0.39 is 0 Å². The van der Waals surface area contributed by atoms with Gasteiger partial charge in [0.05, 0.1) is 0 Å². The van der Waals surface area contributed by atoms with Gasteiger partial charge in [-0.1, -0.05) is 51.9 Å². The molecule has 12 heavy (non-hydrogen) atoms. The van der Waals surface area contributed by atoms with Crippen LogP contribution in [0.2, 0.25) is 0 Å². The first-order valence-electron chi connectivity index (χ1n) is 4.71. The van der Waals surface area contributed by atoms with Gasteiger partial charge < -0.3 is 14.4 Å². The van der Waals surface area contributed by atoms with E-state index >= 15 is 0 Å². The van der Waals surface area contributed by atoms with Crippen molar-refractivity contribution in [2.45, 2.75) is 58.3 Å². The fourth-order valence-corrected chi connectivity index (χ4v) is 1.13. The van der Waals surface area contributed by atoms with Crippen LogP contribution < -0.4 is 0 Å². The molecule has 0 aliphatic rings. The molecule has 0 aromatic carbocycles. The Morgan fingerprint density at radius 1 is 0.833 bits per heavy atom. The maximum Gasteiger partial charge on any atom is 2.00 e. The predicted octanol–water partition coefficient (Wildman–Crippen LogP) is 4.03. The summed E-state index contributed by atoms with van der Waals surface area (Å²) in [6, 6.07) is 0. The van der Waals surface area contributed by atoms with Gasteiger partial charge in [-0.3, -0.25) is 0 Å². The molecule has 0 aliphatic heterocycles. The average Bonchev–Trinajstić information content (AvgIpc) is 1.97. The average molecular weight is 181 g/mol. The first-order valence-corrected chi connectivity index (χ1v) is 4.71. The molecular formula is C11H24Mg. The number of unbranched alkanes of at least 4 members (excludes halogenated alkanes) is 7. The summed E-state index contributed by atoms with van der Waals surface area (Å²) < 4.78 is 0. The smallest absolute Gasteiger partial charge is 0.358 e. The van der Waals surface area contributed by atoms with E-state index in [1.165, 1.54) is 44.9 Å². The van der Waals surface area contributed by atoms with Crippen LogP contribution in [0.5, 0.6) is 0 Å². The summed E-state index contributed by atoms with van der Waals surface area (Å²) in [6.45, 7) is 6.08. The van der Waals surface area contributed by atoms with Crippen molar-refractivity contribution in [1.82, 2.24) is 0 Å². The van der Waals surface area contributed by atoms with Gasteiger partial charge in [-0.25, -0.2) is 0 Å². The van der Waals surface area contributed by atoms with Crippen molar-refractivity contribution >= 4 is 23.1 Å². The Morgan fingerprint density at radius 3 is 1.67 bits per heavy atom. The van der Waals surface area contributed by atoms with Crippen LogP contribution in [-0.2, 0) is 0 Å². The van der Waals surface area contributed by atoms with Gasteiger partial charge in [-0.05, 0) is 0 Å². The summed E-state index contributed by atoms with van der Waals surface area (Å²) in [5, 5.41) is 0. The van der Waals surface area contributed by atoms with E-state index in [0.717, 1.165) is 6.42 Å². The Balaban J connectivity index is -0.000000405. The molecular weight excluding hydrogens is 156 g/mol. The zero-order valence-electron chi connectivity index (χ0n) is 9.07. The van der Waals surface area contributed by atoms with Crippen LogP contribution in [0, 0.1) is 14.4 Å². The quantitative estimate of drug-likeness (QED) is 0.315. The van der Waals surface area contributed by atoms with Crippen LogP contribution in [0.4, 0.5) is 0 Å². The molecule has 0 nitrogen and oxygen atoms in total. The third-order valence-electron chi connectivity index (χ3n) is 1.85. The molecule has 0 rings (SSSR count). The SMILES string of the molecule is [CH2-]CCCCCCCCC.[CH3-].[Mg+2]. The van der Waals surface area contributed by atoms with Gasteiger partial charge in [0, 0.05) is 0 Å². The molecule has 70 valence electrons. The molecule has 0 aromatic rings. The summed E-state index contributed by atoms with van der Waals surface area (Å²) in [5.74, 6) is 0. The first-order chi connectivity index (χ1) is 4.91. The van der Waals surface area contributed by atoms with E-state index in [2.05, 4.69) is 13.8 Å². The normalized spacial score (nSPS) is 8.50. The van der Waals surface area contributed by atoms with Gasteiger partial charge in [0.2, 0.25) is 0 Å². The van der Waals surface area contributed by atoms with E-state index in [4.69, 9.17) is 0 Å². The fourth-order valence-electron chi connectivity index (χ4n) is 1.13. The maximum atomic E-state index is 3.82. The van der Waals surface area contributed by atoms with Gasteiger partial charge in [0.15, 0.2) is 0 Å². The summed E-state index contributed by atoms with van der Waals surface area (Å²) in [4.78, 5) is 0. The molecule has 0 aliphatic carbocycles. The Kier molecular flexibility index (Phi) is 27.4. The van der Waals surface area contributed by atoms with Crippen LogP contribution in [0.3, 0.4) is 0 Å². The third kappa shape index (κ3) is 17.0. The molecule has 0 radical (unpaired) electrons. The van der Waals surface area contributed by atoms with Crippen LogP contribution in [0.1, 0.15) is 58.3 Å².